The fraction of sp³-hybridized carbons (Fsp3) is 0.192. The molecule has 7 heteroatoms. The van der Waals surface area contributed by atoms with Crippen molar-refractivity contribution in [2.45, 2.75) is 18.1 Å². The predicted octanol–water partition coefficient (Wildman–Crippen LogP) is 4.90. The van der Waals surface area contributed by atoms with Gasteiger partial charge in [-0.1, -0.05) is 72.4 Å². The molecule has 3 aromatic rings. The lowest BCUT2D eigenvalue weighted by molar-refractivity contribution is -0.129. The first-order valence-electron chi connectivity index (χ1n) is 10.7. The van der Waals surface area contributed by atoms with Gasteiger partial charge in [0.15, 0.2) is 5.17 Å². The number of nitrogens with one attached hydrogen (secondary N) is 1. The van der Waals surface area contributed by atoms with Gasteiger partial charge in [0.2, 0.25) is 11.8 Å². The molecule has 1 heterocycles. The van der Waals surface area contributed by atoms with Gasteiger partial charge in [-0.15, -0.1) is 0 Å². The zero-order valence-corrected chi connectivity index (χ0v) is 19.1. The van der Waals surface area contributed by atoms with Crippen LogP contribution in [-0.4, -0.2) is 40.8 Å². The molecular weight excluding hydrogens is 434 g/mol. The molecule has 6 nitrogen and oxygen atoms in total. The Bertz CT molecular complexity index is 1140. The molecule has 1 aliphatic rings. The molecule has 4 rings (SSSR count). The van der Waals surface area contributed by atoms with Crippen LogP contribution in [0.3, 0.4) is 0 Å². The lowest BCUT2D eigenvalue weighted by atomic mass is 10.1. The number of carbonyl (C=O) groups excluding carboxylic acids is 2. The lowest BCUT2D eigenvalue weighted by Crippen LogP contribution is -2.46. The number of aliphatic imine (C=N–C) groups is 1. The van der Waals surface area contributed by atoms with Crippen LogP contribution in [0.4, 0.5) is 11.4 Å². The second-order valence-electron chi connectivity index (χ2n) is 7.51. The van der Waals surface area contributed by atoms with Crippen molar-refractivity contribution in [2.24, 2.45) is 4.99 Å². The first-order chi connectivity index (χ1) is 16.1. The van der Waals surface area contributed by atoms with E-state index in [-0.39, 0.29) is 18.2 Å². The van der Waals surface area contributed by atoms with Crippen molar-refractivity contribution < 1.29 is 14.3 Å². The summed E-state index contributed by atoms with van der Waals surface area (Å²) in [5.74, 6) is 0.210. The Balaban J connectivity index is 1.54. The Morgan fingerprint density at radius 1 is 1.03 bits per heavy atom. The van der Waals surface area contributed by atoms with E-state index >= 15 is 0 Å². The van der Waals surface area contributed by atoms with Gasteiger partial charge in [0, 0.05) is 13.0 Å². The molecule has 0 aliphatic carbocycles. The summed E-state index contributed by atoms with van der Waals surface area (Å²) in [6.45, 7) is 0.502. The van der Waals surface area contributed by atoms with Crippen molar-refractivity contribution in [3.8, 4) is 5.75 Å². The molecule has 0 unspecified atom stereocenters. The molecule has 0 saturated carbocycles. The maximum Gasteiger partial charge on any atom is 0.238 e. The van der Waals surface area contributed by atoms with Gasteiger partial charge < -0.3 is 10.1 Å². The molecule has 3 aromatic carbocycles. The van der Waals surface area contributed by atoms with Crippen molar-refractivity contribution in [1.82, 2.24) is 4.90 Å². The molecule has 0 spiro atoms. The standard InChI is InChI=1S/C26H25N3O3S/c1-32-22-15-9-8-14-21(22)28-25(31)23-18-24(30)29(17-16-19-10-4-2-5-11-19)26(33-23)27-20-12-6-3-7-13-20/h2-15,23H,16-18H2,1H3,(H,28,31)/t23-/m1/s1. The molecule has 1 atom stereocenters. The van der Waals surface area contributed by atoms with Crippen molar-refractivity contribution in [3.63, 3.8) is 0 Å². The van der Waals surface area contributed by atoms with E-state index in [1.165, 1.54) is 11.8 Å². The normalized spacial score (nSPS) is 17.1. The molecular formula is C26H25N3O3S. The monoisotopic (exact) mass is 459 g/mol. The maximum atomic E-state index is 13.1. The number of rotatable bonds is 7. The topological polar surface area (TPSA) is 71.0 Å². The van der Waals surface area contributed by atoms with Crippen LogP contribution in [-0.2, 0) is 16.0 Å². The Hall–Kier alpha value is -3.58. The van der Waals surface area contributed by atoms with Crippen LogP contribution in [0.15, 0.2) is 89.9 Å². The molecule has 2 amide bonds. The van der Waals surface area contributed by atoms with Gasteiger partial charge in [-0.25, -0.2) is 4.99 Å². The van der Waals surface area contributed by atoms with Crippen LogP contribution >= 0.6 is 11.8 Å². The average molecular weight is 460 g/mol. The number of hydrogen-bond donors (Lipinski definition) is 1. The van der Waals surface area contributed by atoms with Gasteiger partial charge in [0.1, 0.15) is 11.0 Å². The van der Waals surface area contributed by atoms with Gasteiger partial charge in [-0.2, -0.15) is 0 Å². The number of ether oxygens (including phenoxy) is 1. The van der Waals surface area contributed by atoms with Crippen LogP contribution in [0.5, 0.6) is 5.75 Å². The average Bonchev–Trinajstić information content (AvgIpc) is 2.85. The minimum atomic E-state index is -0.585. The summed E-state index contributed by atoms with van der Waals surface area (Å²) in [7, 11) is 1.55. The number of thioether (sulfide) groups is 1. The van der Waals surface area contributed by atoms with Gasteiger partial charge in [-0.05, 0) is 36.2 Å². The summed E-state index contributed by atoms with van der Waals surface area (Å²) in [5.41, 5.74) is 2.46. The third-order valence-electron chi connectivity index (χ3n) is 5.24. The predicted molar refractivity (Wildman–Crippen MR) is 133 cm³/mol. The van der Waals surface area contributed by atoms with Crippen molar-refractivity contribution in [1.29, 1.82) is 0 Å². The van der Waals surface area contributed by atoms with Crippen molar-refractivity contribution in [2.75, 3.05) is 19.0 Å². The van der Waals surface area contributed by atoms with E-state index in [0.29, 0.717) is 29.6 Å². The minimum absolute atomic E-state index is 0.105. The number of nitrogens with zero attached hydrogens (tertiary/aromatic N) is 2. The van der Waals surface area contributed by atoms with E-state index in [1.807, 2.05) is 72.8 Å². The summed E-state index contributed by atoms with van der Waals surface area (Å²) in [6.07, 6.45) is 0.813. The highest BCUT2D eigenvalue weighted by Gasteiger charge is 2.36. The number of amides is 2. The molecule has 1 N–H and O–H groups in total. The van der Waals surface area contributed by atoms with Crippen LogP contribution < -0.4 is 10.1 Å². The molecule has 0 bridgehead atoms. The van der Waals surface area contributed by atoms with Crippen LogP contribution in [0.1, 0.15) is 12.0 Å². The minimum Gasteiger partial charge on any atom is -0.495 e. The molecule has 0 aromatic heterocycles. The van der Waals surface area contributed by atoms with E-state index in [0.717, 1.165) is 11.3 Å². The van der Waals surface area contributed by atoms with Crippen LogP contribution in [0.25, 0.3) is 0 Å². The van der Waals surface area contributed by atoms with Crippen molar-refractivity contribution >= 4 is 40.1 Å². The Labute approximate surface area is 197 Å². The number of amidine groups is 1. The van der Waals surface area contributed by atoms with E-state index in [1.54, 1.807) is 24.1 Å². The summed E-state index contributed by atoms with van der Waals surface area (Å²) in [4.78, 5) is 32.6. The summed E-state index contributed by atoms with van der Waals surface area (Å²) >= 11 is 1.32. The highest BCUT2D eigenvalue weighted by Crippen LogP contribution is 2.31. The number of benzene rings is 3. The second-order valence-corrected chi connectivity index (χ2v) is 8.68. The van der Waals surface area contributed by atoms with E-state index in [2.05, 4.69) is 5.32 Å². The highest BCUT2D eigenvalue weighted by atomic mass is 32.2. The van der Waals surface area contributed by atoms with E-state index in [9.17, 15) is 9.59 Å². The quantitative estimate of drug-likeness (QED) is 0.546. The van der Waals surface area contributed by atoms with Gasteiger partial charge in [0.05, 0.1) is 18.5 Å². The summed E-state index contributed by atoms with van der Waals surface area (Å²) in [5, 5.41) is 2.85. The smallest absolute Gasteiger partial charge is 0.238 e. The number of carbonyl (C=O) groups is 2. The number of para-hydroxylation sites is 3. The SMILES string of the molecule is COc1ccccc1NC(=O)[C@H]1CC(=O)N(CCc2ccccc2)C(=Nc2ccccc2)S1. The summed E-state index contributed by atoms with van der Waals surface area (Å²) < 4.78 is 5.33. The number of methoxy groups -OCH3 is 1. The van der Waals surface area contributed by atoms with Gasteiger partial charge in [0.25, 0.3) is 0 Å². The highest BCUT2D eigenvalue weighted by molar-refractivity contribution is 8.15. The van der Waals surface area contributed by atoms with Gasteiger partial charge in [-0.3, -0.25) is 14.5 Å². The third-order valence-corrected chi connectivity index (χ3v) is 6.43. The largest absolute Gasteiger partial charge is 0.495 e. The maximum absolute atomic E-state index is 13.1. The molecule has 168 valence electrons. The second kappa shape index (κ2) is 10.8. The fourth-order valence-electron chi connectivity index (χ4n) is 3.52. The molecule has 0 radical (unpaired) electrons. The molecule has 1 saturated heterocycles. The Kier molecular flexibility index (Phi) is 7.42. The number of anilines is 1. The summed E-state index contributed by atoms with van der Waals surface area (Å²) in [6, 6.07) is 26.7. The zero-order chi connectivity index (χ0) is 23.0. The molecule has 1 fully saturated rings. The fourth-order valence-corrected chi connectivity index (χ4v) is 4.65. The van der Waals surface area contributed by atoms with E-state index in [4.69, 9.17) is 9.73 Å². The molecule has 1 aliphatic heterocycles. The van der Waals surface area contributed by atoms with Crippen LogP contribution in [0.2, 0.25) is 0 Å². The molecule has 33 heavy (non-hydrogen) atoms. The first-order valence-corrected chi connectivity index (χ1v) is 11.6. The Morgan fingerprint density at radius 3 is 2.42 bits per heavy atom. The lowest BCUT2D eigenvalue weighted by Gasteiger charge is -2.32. The first kappa shape index (κ1) is 22.6. The van der Waals surface area contributed by atoms with Crippen molar-refractivity contribution in [3.05, 3.63) is 90.5 Å². The van der Waals surface area contributed by atoms with Gasteiger partial charge >= 0.3 is 0 Å². The zero-order valence-electron chi connectivity index (χ0n) is 18.3. The Morgan fingerprint density at radius 2 is 1.70 bits per heavy atom. The number of hydrogen-bond acceptors (Lipinski definition) is 5. The van der Waals surface area contributed by atoms with E-state index < -0.39 is 5.25 Å². The van der Waals surface area contributed by atoms with Crippen LogP contribution in [0, 0.1) is 0 Å². The third kappa shape index (κ3) is 5.81.